The van der Waals surface area contributed by atoms with Crippen molar-refractivity contribution in [1.29, 1.82) is 0 Å². The number of carbonyl (C=O) groups excluding carboxylic acids is 1. The van der Waals surface area contributed by atoms with Gasteiger partial charge in [-0.3, -0.25) is 9.10 Å². The number of nitrogens with zero attached hydrogens (tertiary/aromatic N) is 2. The van der Waals surface area contributed by atoms with E-state index in [0.29, 0.717) is 36.1 Å². The third-order valence-electron chi connectivity index (χ3n) is 5.79. The summed E-state index contributed by atoms with van der Waals surface area (Å²) in [5.41, 5.74) is 1.20. The number of nitrogens with one attached hydrogen (secondary N) is 1. The topological polar surface area (TPSA) is 69.7 Å². The predicted molar refractivity (Wildman–Crippen MR) is 97.2 cm³/mol. The molecule has 1 amide bonds. The van der Waals surface area contributed by atoms with Crippen molar-refractivity contribution in [3.8, 4) is 0 Å². The Balaban J connectivity index is 1.51. The van der Waals surface area contributed by atoms with E-state index in [1.165, 1.54) is 4.31 Å². The molecule has 25 heavy (non-hydrogen) atoms. The zero-order valence-electron chi connectivity index (χ0n) is 14.4. The Bertz CT molecular complexity index is 751. The summed E-state index contributed by atoms with van der Waals surface area (Å²) in [6.45, 7) is 4.20. The summed E-state index contributed by atoms with van der Waals surface area (Å²) >= 11 is 0. The second-order valence-corrected chi connectivity index (χ2v) is 9.35. The fourth-order valence-electron chi connectivity index (χ4n) is 4.33. The first-order valence-corrected chi connectivity index (χ1v) is 10.8. The summed E-state index contributed by atoms with van der Waals surface area (Å²) < 4.78 is 25.7. The standard InChI is InChI=1S/C18H25N3O3S/c22-18(20-8-5-15-12-19-13-16(15)6-9-20)14-3-1-4-17(11-14)21-7-2-10-25(21,23)24/h1,3-4,11,15-16,19H,2,5-10,12-13H2/t15-,16+. The van der Waals surface area contributed by atoms with Crippen molar-refractivity contribution < 1.29 is 13.2 Å². The quantitative estimate of drug-likeness (QED) is 0.860. The van der Waals surface area contributed by atoms with Crippen LogP contribution in [0.15, 0.2) is 24.3 Å². The number of anilines is 1. The van der Waals surface area contributed by atoms with Gasteiger partial charge in [-0.05, 0) is 62.4 Å². The highest BCUT2D eigenvalue weighted by Gasteiger charge is 2.32. The highest BCUT2D eigenvalue weighted by atomic mass is 32.2. The van der Waals surface area contributed by atoms with Gasteiger partial charge in [0.25, 0.3) is 5.91 Å². The molecule has 0 aliphatic carbocycles. The lowest BCUT2D eigenvalue weighted by molar-refractivity contribution is 0.0758. The smallest absolute Gasteiger partial charge is 0.253 e. The lowest BCUT2D eigenvalue weighted by atomic mass is 9.92. The van der Waals surface area contributed by atoms with Crippen LogP contribution in [0.4, 0.5) is 5.69 Å². The van der Waals surface area contributed by atoms with Gasteiger partial charge in [0.15, 0.2) is 0 Å². The molecule has 1 N–H and O–H groups in total. The predicted octanol–water partition coefficient (Wildman–Crippen LogP) is 1.30. The Morgan fingerprint density at radius 3 is 2.44 bits per heavy atom. The maximum absolute atomic E-state index is 12.9. The van der Waals surface area contributed by atoms with E-state index in [9.17, 15) is 13.2 Å². The molecule has 3 aliphatic rings. The zero-order valence-corrected chi connectivity index (χ0v) is 15.2. The second kappa shape index (κ2) is 6.61. The number of amides is 1. The van der Waals surface area contributed by atoms with Crippen LogP contribution < -0.4 is 9.62 Å². The number of benzene rings is 1. The van der Waals surface area contributed by atoms with Crippen LogP contribution in [0.25, 0.3) is 0 Å². The highest BCUT2D eigenvalue weighted by Crippen LogP contribution is 2.29. The van der Waals surface area contributed by atoms with Crippen molar-refractivity contribution >= 4 is 21.6 Å². The first-order valence-electron chi connectivity index (χ1n) is 9.15. The van der Waals surface area contributed by atoms with E-state index in [0.717, 1.165) is 39.0 Å². The molecule has 3 heterocycles. The van der Waals surface area contributed by atoms with Crippen LogP contribution in [0.5, 0.6) is 0 Å². The number of carbonyl (C=O) groups is 1. The van der Waals surface area contributed by atoms with E-state index in [1.807, 2.05) is 4.90 Å². The maximum Gasteiger partial charge on any atom is 0.253 e. The highest BCUT2D eigenvalue weighted by molar-refractivity contribution is 7.93. The van der Waals surface area contributed by atoms with Crippen LogP contribution in [-0.2, 0) is 10.0 Å². The van der Waals surface area contributed by atoms with Gasteiger partial charge in [0.05, 0.1) is 11.4 Å². The molecule has 7 heteroatoms. The third-order valence-corrected chi connectivity index (χ3v) is 7.66. The zero-order chi connectivity index (χ0) is 17.4. The molecule has 0 bridgehead atoms. The summed E-state index contributed by atoms with van der Waals surface area (Å²) in [6.07, 6.45) is 2.73. The first kappa shape index (κ1) is 16.8. The molecule has 0 aromatic heterocycles. The molecular formula is C18H25N3O3S. The summed E-state index contributed by atoms with van der Waals surface area (Å²) in [6, 6.07) is 7.09. The van der Waals surface area contributed by atoms with E-state index >= 15 is 0 Å². The van der Waals surface area contributed by atoms with Crippen molar-refractivity contribution in [2.24, 2.45) is 11.8 Å². The van der Waals surface area contributed by atoms with Crippen LogP contribution >= 0.6 is 0 Å². The van der Waals surface area contributed by atoms with Gasteiger partial charge in [-0.25, -0.2) is 8.42 Å². The van der Waals surface area contributed by atoms with Gasteiger partial charge in [0.1, 0.15) is 0 Å². The molecule has 0 unspecified atom stereocenters. The van der Waals surface area contributed by atoms with E-state index in [4.69, 9.17) is 0 Å². The van der Waals surface area contributed by atoms with Crippen molar-refractivity contribution in [3.05, 3.63) is 29.8 Å². The lowest BCUT2D eigenvalue weighted by Crippen LogP contribution is -2.33. The normalized spacial score (nSPS) is 28.6. The van der Waals surface area contributed by atoms with E-state index in [1.54, 1.807) is 24.3 Å². The van der Waals surface area contributed by atoms with Gasteiger partial charge in [0, 0.05) is 25.2 Å². The maximum atomic E-state index is 12.9. The molecule has 0 spiro atoms. The Kier molecular flexibility index (Phi) is 4.45. The molecule has 3 fully saturated rings. The number of hydrogen-bond acceptors (Lipinski definition) is 4. The lowest BCUT2D eigenvalue weighted by Gasteiger charge is -2.22. The van der Waals surface area contributed by atoms with Crippen LogP contribution in [0.2, 0.25) is 0 Å². The molecule has 0 radical (unpaired) electrons. The minimum absolute atomic E-state index is 0.0198. The molecule has 3 saturated heterocycles. The van der Waals surface area contributed by atoms with Crippen molar-refractivity contribution in [3.63, 3.8) is 0 Å². The Morgan fingerprint density at radius 1 is 1.08 bits per heavy atom. The summed E-state index contributed by atoms with van der Waals surface area (Å²) in [5, 5.41) is 3.45. The average molecular weight is 363 g/mol. The molecule has 2 atom stereocenters. The Morgan fingerprint density at radius 2 is 1.80 bits per heavy atom. The van der Waals surface area contributed by atoms with E-state index in [2.05, 4.69) is 5.32 Å². The van der Waals surface area contributed by atoms with E-state index in [-0.39, 0.29) is 11.7 Å². The molecule has 136 valence electrons. The van der Waals surface area contributed by atoms with Crippen LogP contribution in [-0.4, -0.2) is 57.7 Å². The van der Waals surface area contributed by atoms with Gasteiger partial charge in [-0.1, -0.05) is 6.07 Å². The van der Waals surface area contributed by atoms with Crippen LogP contribution in [0, 0.1) is 11.8 Å². The average Bonchev–Trinajstić information content (AvgIpc) is 3.14. The van der Waals surface area contributed by atoms with Gasteiger partial charge in [-0.15, -0.1) is 0 Å². The summed E-state index contributed by atoms with van der Waals surface area (Å²) in [5.74, 6) is 1.57. The fraction of sp³-hybridized carbons (Fsp3) is 0.611. The number of sulfonamides is 1. The molecular weight excluding hydrogens is 338 g/mol. The minimum atomic E-state index is -3.22. The SMILES string of the molecule is O=C(c1cccc(N2CCCS2(=O)=O)c1)N1CC[C@@H]2CNC[C@@H]2CC1. The fourth-order valence-corrected chi connectivity index (χ4v) is 5.88. The van der Waals surface area contributed by atoms with Crippen molar-refractivity contribution in [1.82, 2.24) is 10.2 Å². The van der Waals surface area contributed by atoms with Gasteiger partial charge in [-0.2, -0.15) is 0 Å². The molecule has 3 aliphatic heterocycles. The molecule has 0 saturated carbocycles. The van der Waals surface area contributed by atoms with Gasteiger partial charge in [0.2, 0.25) is 10.0 Å². The van der Waals surface area contributed by atoms with E-state index < -0.39 is 10.0 Å². The van der Waals surface area contributed by atoms with Crippen LogP contribution in [0.1, 0.15) is 29.6 Å². The van der Waals surface area contributed by atoms with Crippen molar-refractivity contribution in [2.45, 2.75) is 19.3 Å². The molecule has 4 rings (SSSR count). The second-order valence-electron chi connectivity index (χ2n) is 7.34. The largest absolute Gasteiger partial charge is 0.339 e. The molecule has 1 aromatic carbocycles. The van der Waals surface area contributed by atoms with Crippen LogP contribution in [0.3, 0.4) is 0 Å². The Hall–Kier alpha value is -1.60. The molecule has 1 aromatic rings. The first-order chi connectivity index (χ1) is 12.0. The number of rotatable bonds is 2. The number of fused-ring (bicyclic) bond motifs is 1. The van der Waals surface area contributed by atoms with Gasteiger partial charge >= 0.3 is 0 Å². The van der Waals surface area contributed by atoms with Gasteiger partial charge < -0.3 is 10.2 Å². The minimum Gasteiger partial charge on any atom is -0.339 e. The summed E-state index contributed by atoms with van der Waals surface area (Å²) in [7, 11) is -3.22. The monoisotopic (exact) mass is 363 g/mol. The van der Waals surface area contributed by atoms with Crippen molar-refractivity contribution in [2.75, 3.05) is 42.8 Å². The third kappa shape index (κ3) is 3.27. The number of likely N-dealkylation sites (tertiary alicyclic amines) is 1. The molecule has 6 nitrogen and oxygen atoms in total. The number of hydrogen-bond donors (Lipinski definition) is 1. The Labute approximate surface area is 149 Å². The summed E-state index contributed by atoms with van der Waals surface area (Å²) in [4.78, 5) is 14.9.